The van der Waals surface area contributed by atoms with Crippen molar-refractivity contribution in [1.29, 1.82) is 0 Å². The van der Waals surface area contributed by atoms with E-state index in [4.69, 9.17) is 4.74 Å². The molecule has 0 radical (unpaired) electrons. The summed E-state index contributed by atoms with van der Waals surface area (Å²) in [6, 6.07) is 22.8. The van der Waals surface area contributed by atoms with Crippen LogP contribution in [0.3, 0.4) is 0 Å². The van der Waals surface area contributed by atoms with Crippen molar-refractivity contribution in [3.8, 4) is 5.75 Å². The lowest BCUT2D eigenvalue weighted by Crippen LogP contribution is -2.40. The highest BCUT2D eigenvalue weighted by Gasteiger charge is 2.22. The van der Waals surface area contributed by atoms with Crippen LogP contribution in [0.4, 0.5) is 0 Å². The molecule has 0 saturated carbocycles. The Labute approximate surface area is 204 Å². The van der Waals surface area contributed by atoms with Gasteiger partial charge < -0.3 is 24.7 Å². The number of rotatable bonds is 7. The minimum Gasteiger partial charge on any atom is -0.490 e. The zero-order valence-electron chi connectivity index (χ0n) is 19.7. The molecule has 180 valence electrons. The zero-order chi connectivity index (χ0) is 24.2. The van der Waals surface area contributed by atoms with Gasteiger partial charge in [-0.1, -0.05) is 67.2 Å². The molecule has 6 heteroatoms. The molecule has 0 aliphatic carbocycles. The number of hydrogen-bond donors (Lipinski definition) is 3. The Kier molecular flexibility index (Phi) is 6.84. The summed E-state index contributed by atoms with van der Waals surface area (Å²) in [6.07, 6.45) is 3.30. The molecule has 1 saturated heterocycles. The van der Waals surface area contributed by atoms with Gasteiger partial charge in [-0.2, -0.15) is 0 Å². The van der Waals surface area contributed by atoms with Gasteiger partial charge in [0.1, 0.15) is 29.3 Å². The van der Waals surface area contributed by atoms with Crippen molar-refractivity contribution in [3.63, 3.8) is 0 Å². The molecule has 0 amide bonds. The molecule has 0 unspecified atom stereocenters. The highest BCUT2D eigenvalue weighted by atomic mass is 16.5. The number of para-hydroxylation sites is 1. The molecule has 35 heavy (non-hydrogen) atoms. The largest absolute Gasteiger partial charge is 0.490 e. The number of imidazole rings is 1. The summed E-state index contributed by atoms with van der Waals surface area (Å²) in [6.45, 7) is 6.41. The van der Waals surface area contributed by atoms with Crippen LogP contribution < -0.4 is 21.1 Å². The van der Waals surface area contributed by atoms with Crippen LogP contribution in [0.25, 0.3) is 23.4 Å². The lowest BCUT2D eigenvalue weighted by Gasteiger charge is -2.33. The fraction of sp³-hybridized carbons (Fsp3) is 0.276. The topological polar surface area (TPSA) is 81.3 Å². The summed E-state index contributed by atoms with van der Waals surface area (Å²) >= 11 is 0. The third kappa shape index (κ3) is 5.56. The molecular weight excluding hydrogens is 438 g/mol. The molecule has 1 fully saturated rings. The van der Waals surface area contributed by atoms with Gasteiger partial charge in [0.05, 0.1) is 0 Å². The van der Waals surface area contributed by atoms with Crippen LogP contribution in [0.2, 0.25) is 0 Å². The Hall–Kier alpha value is -3.61. The van der Waals surface area contributed by atoms with Gasteiger partial charge in [0.15, 0.2) is 0 Å². The number of aliphatic hydroxyl groups excluding tert-OH is 1. The SMILES string of the molecule is C=c1[nH]c(=O)c(=Cc2ccccc2OC[C@@H](O)CN2CCC(c3ccc4ccccc4c3)CC2)[nH]1. The van der Waals surface area contributed by atoms with Gasteiger partial charge in [0.25, 0.3) is 5.56 Å². The maximum Gasteiger partial charge on any atom is 0.273 e. The molecule has 2 heterocycles. The number of aliphatic hydroxyl groups is 1. The molecule has 3 aromatic carbocycles. The van der Waals surface area contributed by atoms with Gasteiger partial charge in [-0.05, 0) is 60.3 Å². The molecule has 1 atom stereocenters. The van der Waals surface area contributed by atoms with Gasteiger partial charge in [-0.25, -0.2) is 0 Å². The predicted octanol–water partition coefficient (Wildman–Crippen LogP) is 2.71. The van der Waals surface area contributed by atoms with E-state index in [0.717, 1.165) is 31.5 Å². The molecule has 1 aliphatic rings. The van der Waals surface area contributed by atoms with Crippen molar-refractivity contribution in [3.05, 3.63) is 99.0 Å². The second kappa shape index (κ2) is 10.3. The first kappa shape index (κ1) is 23.1. The molecule has 6 nitrogen and oxygen atoms in total. The first-order valence-electron chi connectivity index (χ1n) is 12.1. The average molecular weight is 470 g/mol. The monoisotopic (exact) mass is 469 g/mol. The Morgan fingerprint density at radius 1 is 1.03 bits per heavy atom. The fourth-order valence-corrected chi connectivity index (χ4v) is 4.89. The third-order valence-corrected chi connectivity index (χ3v) is 6.75. The van der Waals surface area contributed by atoms with E-state index in [1.807, 2.05) is 24.3 Å². The second-order valence-electron chi connectivity index (χ2n) is 9.30. The summed E-state index contributed by atoms with van der Waals surface area (Å²) in [5.74, 6) is 1.18. The number of aromatic amines is 2. The fourth-order valence-electron chi connectivity index (χ4n) is 4.89. The highest BCUT2D eigenvalue weighted by Crippen LogP contribution is 2.30. The minimum absolute atomic E-state index is 0.192. The first-order chi connectivity index (χ1) is 17.0. The van der Waals surface area contributed by atoms with Gasteiger partial charge in [-0.15, -0.1) is 0 Å². The van der Waals surface area contributed by atoms with Crippen molar-refractivity contribution in [2.24, 2.45) is 0 Å². The zero-order valence-corrected chi connectivity index (χ0v) is 19.7. The normalized spacial score (nSPS) is 16.5. The number of nitrogens with one attached hydrogen (secondary N) is 2. The molecule has 5 rings (SSSR count). The number of nitrogens with zero attached hydrogens (tertiary/aromatic N) is 1. The maximum absolute atomic E-state index is 12.0. The standard InChI is InChI=1S/C29H31N3O3/c1-20-30-27(29(34)31-20)17-25-8-4-5-9-28(25)35-19-26(33)18-32-14-12-22(13-15-32)24-11-10-21-6-2-3-7-23(21)16-24/h2-11,16-17,22,26,30,33H,1,12-15,18-19H2,(H,31,34)/t26-/m0/s1. The van der Waals surface area contributed by atoms with E-state index in [9.17, 15) is 9.90 Å². The number of likely N-dealkylation sites (tertiary alicyclic amines) is 1. The number of H-pyrrole nitrogens is 2. The van der Waals surface area contributed by atoms with Crippen LogP contribution >= 0.6 is 0 Å². The van der Waals surface area contributed by atoms with Gasteiger partial charge in [0.2, 0.25) is 0 Å². The van der Waals surface area contributed by atoms with Crippen molar-refractivity contribution in [2.75, 3.05) is 26.2 Å². The van der Waals surface area contributed by atoms with Gasteiger partial charge >= 0.3 is 0 Å². The number of hydrogen-bond acceptors (Lipinski definition) is 4. The number of fused-ring (bicyclic) bond motifs is 1. The number of aromatic nitrogens is 2. The van der Waals surface area contributed by atoms with E-state index in [1.54, 1.807) is 6.08 Å². The van der Waals surface area contributed by atoms with Crippen molar-refractivity contribution < 1.29 is 9.84 Å². The van der Waals surface area contributed by atoms with Crippen LogP contribution in [0, 0.1) is 0 Å². The van der Waals surface area contributed by atoms with Crippen molar-refractivity contribution >= 4 is 23.4 Å². The van der Waals surface area contributed by atoms with Gasteiger partial charge in [0, 0.05) is 12.1 Å². The summed E-state index contributed by atoms with van der Waals surface area (Å²) in [5, 5.41) is 13.6. The summed E-state index contributed by atoms with van der Waals surface area (Å²) in [7, 11) is 0. The molecule has 0 bridgehead atoms. The van der Waals surface area contributed by atoms with E-state index in [2.05, 4.69) is 63.9 Å². The Morgan fingerprint density at radius 2 is 1.77 bits per heavy atom. The minimum atomic E-state index is -0.597. The van der Waals surface area contributed by atoms with Crippen molar-refractivity contribution in [1.82, 2.24) is 14.9 Å². The quantitative estimate of drug-likeness (QED) is 0.389. The average Bonchev–Trinajstić information content (AvgIpc) is 3.20. The summed E-state index contributed by atoms with van der Waals surface area (Å²) in [4.78, 5) is 19.8. The molecular formula is C29H31N3O3. The van der Waals surface area contributed by atoms with Crippen LogP contribution in [0.5, 0.6) is 5.75 Å². The number of ether oxygens (including phenoxy) is 1. The Bertz CT molecular complexity index is 1460. The van der Waals surface area contributed by atoms with Crippen molar-refractivity contribution in [2.45, 2.75) is 24.9 Å². The summed E-state index contributed by atoms with van der Waals surface area (Å²) in [5.41, 5.74) is 2.41. The molecule has 1 aromatic heterocycles. The molecule has 0 spiro atoms. The van der Waals surface area contributed by atoms with Crippen LogP contribution in [0.1, 0.15) is 29.9 Å². The summed E-state index contributed by atoms with van der Waals surface area (Å²) < 4.78 is 5.94. The van der Waals surface area contributed by atoms with Gasteiger partial charge in [-0.3, -0.25) is 4.79 Å². The van der Waals surface area contributed by atoms with Crippen LogP contribution in [-0.2, 0) is 0 Å². The van der Waals surface area contributed by atoms with Crippen LogP contribution in [0.15, 0.2) is 71.5 Å². The Morgan fingerprint density at radius 3 is 2.54 bits per heavy atom. The lowest BCUT2D eigenvalue weighted by atomic mass is 9.88. The van der Waals surface area contributed by atoms with E-state index in [0.29, 0.717) is 29.0 Å². The smallest absolute Gasteiger partial charge is 0.273 e. The van der Waals surface area contributed by atoms with E-state index >= 15 is 0 Å². The Balaban J connectivity index is 1.15. The molecule has 4 aromatic rings. The highest BCUT2D eigenvalue weighted by molar-refractivity contribution is 5.83. The number of piperidine rings is 1. The maximum atomic E-state index is 12.0. The number of benzene rings is 3. The predicted molar refractivity (Wildman–Crippen MR) is 140 cm³/mol. The molecule has 3 N–H and O–H groups in total. The van der Waals surface area contributed by atoms with E-state index in [-0.39, 0.29) is 12.2 Å². The van der Waals surface area contributed by atoms with E-state index in [1.165, 1.54) is 16.3 Å². The number of β-amino-alcohol motifs (C(OH)–C–C–N with tert-alkyl or cyclic N) is 1. The lowest BCUT2D eigenvalue weighted by molar-refractivity contribution is 0.0594. The second-order valence-corrected chi connectivity index (χ2v) is 9.30. The third-order valence-electron chi connectivity index (χ3n) is 6.75. The van der Waals surface area contributed by atoms with E-state index < -0.39 is 6.10 Å². The first-order valence-corrected chi connectivity index (χ1v) is 12.1. The molecule has 1 aliphatic heterocycles. The van der Waals surface area contributed by atoms with Crippen LogP contribution in [-0.4, -0.2) is 52.3 Å².